The van der Waals surface area contributed by atoms with Gasteiger partial charge in [0.25, 0.3) is 11.7 Å². The Bertz CT molecular complexity index is 1190. The van der Waals surface area contributed by atoms with E-state index >= 15 is 0 Å². The van der Waals surface area contributed by atoms with E-state index in [0.717, 1.165) is 4.31 Å². The first-order valence-electron chi connectivity index (χ1n) is 10.2. The summed E-state index contributed by atoms with van der Waals surface area (Å²) >= 11 is 0. The van der Waals surface area contributed by atoms with Crippen molar-refractivity contribution in [2.75, 3.05) is 41.3 Å². The van der Waals surface area contributed by atoms with Crippen LogP contribution in [0.15, 0.2) is 59.0 Å². The topological polar surface area (TPSA) is 98.2 Å². The van der Waals surface area contributed by atoms with Crippen LogP contribution >= 0.6 is 0 Å². The van der Waals surface area contributed by atoms with Gasteiger partial charge in [-0.05, 0) is 56.1 Å². The molecule has 8 nitrogen and oxygen atoms in total. The van der Waals surface area contributed by atoms with Gasteiger partial charge < -0.3 is 14.9 Å². The number of carbonyl (C=O) groups excluding carboxylic acids is 2. The van der Waals surface area contributed by atoms with Crippen LogP contribution in [-0.2, 0) is 19.6 Å². The number of nitrogens with zero attached hydrogens (tertiary/aromatic N) is 3. The zero-order valence-corrected chi connectivity index (χ0v) is 19.6. The molecule has 3 rings (SSSR count). The van der Waals surface area contributed by atoms with Crippen molar-refractivity contribution in [1.29, 1.82) is 0 Å². The summed E-state index contributed by atoms with van der Waals surface area (Å²) in [6.07, 6.45) is 0. The minimum Gasteiger partial charge on any atom is -0.507 e. The largest absolute Gasteiger partial charge is 0.507 e. The maximum atomic E-state index is 13.5. The lowest BCUT2D eigenvalue weighted by Crippen LogP contribution is -2.35. The average molecular weight is 476 g/mol. The molecule has 0 aromatic heterocycles. The van der Waals surface area contributed by atoms with Crippen molar-refractivity contribution in [3.8, 4) is 0 Å². The second kappa shape index (κ2) is 9.42. The van der Waals surface area contributed by atoms with Crippen LogP contribution in [0.25, 0.3) is 5.76 Å². The third-order valence-electron chi connectivity index (χ3n) is 5.42. The monoisotopic (exact) mass is 475 g/mol. The molecule has 0 spiro atoms. The normalized spacial score (nSPS) is 18.5. The van der Waals surface area contributed by atoms with Crippen LogP contribution in [0.1, 0.15) is 17.2 Å². The number of amides is 1. The first-order chi connectivity index (χ1) is 15.4. The van der Waals surface area contributed by atoms with Gasteiger partial charge in [0.2, 0.25) is 10.0 Å². The molecule has 1 amide bonds. The molecule has 1 heterocycles. The number of carbonyl (C=O) groups is 2. The first-order valence-corrected chi connectivity index (χ1v) is 11.6. The van der Waals surface area contributed by atoms with Crippen LogP contribution in [0, 0.1) is 5.82 Å². The molecule has 1 N–H and O–H groups in total. The SMILES string of the molecule is CN(C)CCN1C(=O)C(=O)/C(=C(/O)c2ccc(S(=O)(=O)N(C)C)cc2)C1c1ccc(F)cc1. The van der Waals surface area contributed by atoms with Crippen LogP contribution in [0.2, 0.25) is 0 Å². The number of Topliss-reactive ketones (excluding diaryl/α,β-unsaturated/α-hetero) is 1. The molecule has 0 saturated carbocycles. The lowest BCUT2D eigenvalue weighted by Gasteiger charge is -2.26. The molecule has 0 bridgehead atoms. The van der Waals surface area contributed by atoms with Gasteiger partial charge in [0.05, 0.1) is 16.5 Å². The standard InChI is InChI=1S/C23H26FN3O5S/c1-25(2)13-14-27-20(15-5-9-17(24)10-6-15)19(22(29)23(27)30)21(28)16-7-11-18(12-8-16)33(31,32)26(3)4/h5-12,20,28H,13-14H2,1-4H3/b21-19+. The molecule has 0 aliphatic carbocycles. The minimum absolute atomic E-state index is 0.0190. The molecule has 0 radical (unpaired) electrons. The fourth-order valence-corrected chi connectivity index (χ4v) is 4.46. The molecule has 1 unspecified atom stereocenters. The molecule has 1 atom stereocenters. The summed E-state index contributed by atoms with van der Waals surface area (Å²) in [5.41, 5.74) is 0.529. The highest BCUT2D eigenvalue weighted by atomic mass is 32.2. The number of likely N-dealkylation sites (tertiary alicyclic amines) is 1. The van der Waals surface area contributed by atoms with Crippen LogP contribution < -0.4 is 0 Å². The summed E-state index contributed by atoms with van der Waals surface area (Å²) in [6.45, 7) is 0.693. The molecule has 1 aliphatic heterocycles. The van der Waals surface area contributed by atoms with Gasteiger partial charge in [-0.2, -0.15) is 0 Å². The summed E-state index contributed by atoms with van der Waals surface area (Å²) in [4.78, 5) is 29.0. The molecule has 10 heteroatoms. The second-order valence-electron chi connectivity index (χ2n) is 8.16. The first kappa shape index (κ1) is 24.6. The number of rotatable bonds is 7. The van der Waals surface area contributed by atoms with E-state index in [1.54, 1.807) is 0 Å². The van der Waals surface area contributed by atoms with Crippen LogP contribution in [0.4, 0.5) is 4.39 Å². The predicted molar refractivity (Wildman–Crippen MR) is 121 cm³/mol. The second-order valence-corrected chi connectivity index (χ2v) is 10.3. The Labute approximate surface area is 192 Å². The molecular weight excluding hydrogens is 449 g/mol. The summed E-state index contributed by atoms with van der Waals surface area (Å²) in [5.74, 6) is -2.52. The summed E-state index contributed by atoms with van der Waals surface area (Å²) < 4.78 is 39.2. The van der Waals surface area contributed by atoms with Crippen LogP contribution in [-0.4, -0.2) is 80.6 Å². The highest BCUT2D eigenvalue weighted by Crippen LogP contribution is 2.39. The third kappa shape index (κ3) is 4.82. The predicted octanol–water partition coefficient (Wildman–Crippen LogP) is 2.06. The Morgan fingerprint density at radius 2 is 1.58 bits per heavy atom. The number of aliphatic hydroxyl groups excluding tert-OH is 1. The maximum absolute atomic E-state index is 13.5. The summed E-state index contributed by atoms with van der Waals surface area (Å²) in [5, 5.41) is 11.0. The number of sulfonamides is 1. The zero-order chi connectivity index (χ0) is 24.5. The number of halogens is 1. The van der Waals surface area contributed by atoms with Crippen molar-refractivity contribution in [1.82, 2.24) is 14.1 Å². The summed E-state index contributed by atoms with van der Waals surface area (Å²) in [7, 11) is 2.79. The number of benzene rings is 2. The molecule has 1 saturated heterocycles. The number of aliphatic hydroxyl groups is 1. The van der Waals surface area contributed by atoms with Crippen molar-refractivity contribution in [2.24, 2.45) is 0 Å². The number of hydrogen-bond acceptors (Lipinski definition) is 6. The number of likely N-dealkylation sites (N-methyl/N-ethyl adjacent to an activating group) is 1. The average Bonchev–Trinajstić information content (AvgIpc) is 3.02. The Balaban J connectivity index is 2.11. The lowest BCUT2D eigenvalue weighted by molar-refractivity contribution is -0.140. The van der Waals surface area contributed by atoms with E-state index in [1.807, 2.05) is 19.0 Å². The van der Waals surface area contributed by atoms with Gasteiger partial charge in [0.1, 0.15) is 11.6 Å². The maximum Gasteiger partial charge on any atom is 0.295 e. The van der Waals surface area contributed by atoms with Gasteiger partial charge in [-0.3, -0.25) is 9.59 Å². The fourth-order valence-electron chi connectivity index (χ4n) is 3.56. The van der Waals surface area contributed by atoms with Crippen molar-refractivity contribution in [3.63, 3.8) is 0 Å². The Hall–Kier alpha value is -3.08. The van der Waals surface area contributed by atoms with Crippen molar-refractivity contribution >= 4 is 27.5 Å². The Morgan fingerprint density at radius 1 is 1.00 bits per heavy atom. The Morgan fingerprint density at radius 3 is 2.09 bits per heavy atom. The molecular formula is C23H26FN3O5S. The lowest BCUT2D eigenvalue weighted by atomic mass is 9.95. The van der Waals surface area contributed by atoms with E-state index in [-0.39, 0.29) is 22.6 Å². The van der Waals surface area contributed by atoms with Crippen molar-refractivity contribution in [2.45, 2.75) is 10.9 Å². The Kier molecular flexibility index (Phi) is 7.01. The van der Waals surface area contributed by atoms with E-state index in [9.17, 15) is 27.5 Å². The third-order valence-corrected chi connectivity index (χ3v) is 7.25. The van der Waals surface area contributed by atoms with Crippen LogP contribution in [0.5, 0.6) is 0 Å². The van der Waals surface area contributed by atoms with E-state index in [4.69, 9.17) is 0 Å². The molecule has 33 heavy (non-hydrogen) atoms. The van der Waals surface area contributed by atoms with Gasteiger partial charge in [-0.15, -0.1) is 0 Å². The van der Waals surface area contributed by atoms with Gasteiger partial charge in [-0.25, -0.2) is 17.1 Å². The van der Waals surface area contributed by atoms with E-state index in [0.29, 0.717) is 12.1 Å². The smallest absolute Gasteiger partial charge is 0.295 e. The highest BCUT2D eigenvalue weighted by Gasteiger charge is 2.45. The van der Waals surface area contributed by atoms with Gasteiger partial charge in [-0.1, -0.05) is 12.1 Å². The van der Waals surface area contributed by atoms with Crippen molar-refractivity contribution < 1.29 is 27.5 Å². The van der Waals surface area contributed by atoms with Crippen molar-refractivity contribution in [3.05, 3.63) is 71.0 Å². The van der Waals surface area contributed by atoms with Gasteiger partial charge in [0, 0.05) is 32.7 Å². The highest BCUT2D eigenvalue weighted by molar-refractivity contribution is 7.89. The van der Waals surface area contributed by atoms with E-state index in [2.05, 4.69) is 0 Å². The number of hydrogen-bond donors (Lipinski definition) is 1. The molecule has 176 valence electrons. The quantitative estimate of drug-likeness (QED) is 0.374. The molecule has 1 aliphatic rings. The van der Waals surface area contributed by atoms with Gasteiger partial charge >= 0.3 is 0 Å². The zero-order valence-electron chi connectivity index (χ0n) is 18.8. The van der Waals surface area contributed by atoms with Gasteiger partial charge in [0.15, 0.2) is 0 Å². The van der Waals surface area contributed by atoms with E-state index in [1.165, 1.54) is 67.5 Å². The minimum atomic E-state index is -3.67. The molecule has 2 aromatic rings. The number of ketones is 1. The molecule has 2 aromatic carbocycles. The van der Waals surface area contributed by atoms with E-state index < -0.39 is 39.3 Å². The fraction of sp³-hybridized carbons (Fsp3) is 0.304. The molecule has 1 fully saturated rings. The summed E-state index contributed by atoms with van der Waals surface area (Å²) in [6, 6.07) is 9.87. The van der Waals surface area contributed by atoms with Crippen LogP contribution in [0.3, 0.4) is 0 Å².